The molecule has 0 bridgehead atoms. The quantitative estimate of drug-likeness (QED) is 0.909. The van der Waals surface area contributed by atoms with Crippen LogP contribution in [0.5, 0.6) is 0 Å². The van der Waals surface area contributed by atoms with E-state index < -0.39 is 0 Å². The van der Waals surface area contributed by atoms with Crippen LogP contribution in [0.15, 0.2) is 24.3 Å². The average molecular weight is 295 g/mol. The van der Waals surface area contributed by atoms with Gasteiger partial charge in [-0.15, -0.1) is 12.4 Å². The Morgan fingerprint density at radius 1 is 1.35 bits per heavy atom. The van der Waals surface area contributed by atoms with Crippen LogP contribution in [0.4, 0.5) is 5.69 Å². The van der Waals surface area contributed by atoms with E-state index in [2.05, 4.69) is 29.3 Å². The van der Waals surface area contributed by atoms with Crippen LogP contribution in [0.2, 0.25) is 0 Å². The van der Waals surface area contributed by atoms with Crippen molar-refractivity contribution < 1.29 is 4.79 Å². The van der Waals surface area contributed by atoms with Crippen molar-refractivity contribution in [3.05, 3.63) is 29.8 Å². The lowest BCUT2D eigenvalue weighted by atomic mass is 9.72. The molecular formula is C16H23ClN2O. The fourth-order valence-corrected chi connectivity index (χ4v) is 3.56. The summed E-state index contributed by atoms with van der Waals surface area (Å²) in [4.78, 5) is 15.0. The van der Waals surface area contributed by atoms with E-state index in [4.69, 9.17) is 0 Å². The zero-order valence-electron chi connectivity index (χ0n) is 12.0. The number of fused-ring (bicyclic) bond motifs is 1. The third-order valence-electron chi connectivity index (χ3n) is 4.47. The minimum absolute atomic E-state index is 0. The molecule has 20 heavy (non-hydrogen) atoms. The van der Waals surface area contributed by atoms with Gasteiger partial charge in [-0.1, -0.05) is 25.1 Å². The van der Waals surface area contributed by atoms with Gasteiger partial charge < -0.3 is 10.2 Å². The molecule has 0 radical (unpaired) electrons. The van der Waals surface area contributed by atoms with Gasteiger partial charge in [0.05, 0.1) is 5.41 Å². The molecule has 1 atom stereocenters. The second-order valence-corrected chi connectivity index (χ2v) is 5.95. The van der Waals surface area contributed by atoms with Gasteiger partial charge in [-0.05, 0) is 50.4 Å². The van der Waals surface area contributed by atoms with E-state index in [1.807, 2.05) is 12.1 Å². The number of nitrogens with zero attached hydrogens (tertiary/aromatic N) is 1. The molecule has 4 heteroatoms. The number of likely N-dealkylation sites (tertiary alicyclic amines) is 1. The highest BCUT2D eigenvalue weighted by atomic mass is 35.5. The zero-order valence-corrected chi connectivity index (χ0v) is 12.8. The van der Waals surface area contributed by atoms with Crippen LogP contribution in [0, 0.1) is 5.41 Å². The Balaban J connectivity index is 0.00000147. The Morgan fingerprint density at radius 3 is 2.95 bits per heavy atom. The molecule has 110 valence electrons. The van der Waals surface area contributed by atoms with Crippen molar-refractivity contribution in [2.45, 2.75) is 32.6 Å². The van der Waals surface area contributed by atoms with Gasteiger partial charge in [0, 0.05) is 12.2 Å². The predicted molar refractivity (Wildman–Crippen MR) is 84.4 cm³/mol. The van der Waals surface area contributed by atoms with E-state index in [-0.39, 0.29) is 23.7 Å². The first-order chi connectivity index (χ1) is 9.23. The van der Waals surface area contributed by atoms with Gasteiger partial charge in [0.2, 0.25) is 5.91 Å². The monoisotopic (exact) mass is 294 g/mol. The highest BCUT2D eigenvalue weighted by molar-refractivity contribution is 5.98. The third kappa shape index (κ3) is 2.70. The lowest BCUT2D eigenvalue weighted by Crippen LogP contribution is -2.53. The van der Waals surface area contributed by atoms with Crippen molar-refractivity contribution in [2.75, 3.05) is 25.0 Å². The molecule has 1 aromatic carbocycles. The molecule has 1 fully saturated rings. The SMILES string of the molecule is CCCN1CCCC2(Cc3ccccc3NC2=O)C1.Cl. The Kier molecular flexibility index (Phi) is 4.71. The zero-order chi connectivity index (χ0) is 13.3. The number of piperidine rings is 1. The number of hydrogen-bond donors (Lipinski definition) is 1. The second-order valence-electron chi connectivity index (χ2n) is 5.95. The number of nitrogens with one attached hydrogen (secondary N) is 1. The third-order valence-corrected chi connectivity index (χ3v) is 4.47. The minimum atomic E-state index is -0.193. The number of amides is 1. The molecule has 1 amide bonds. The van der Waals surface area contributed by atoms with Crippen molar-refractivity contribution >= 4 is 24.0 Å². The molecule has 2 heterocycles. The predicted octanol–water partition coefficient (Wildman–Crippen LogP) is 3.10. The summed E-state index contributed by atoms with van der Waals surface area (Å²) in [7, 11) is 0. The van der Waals surface area contributed by atoms with Gasteiger partial charge in [0.15, 0.2) is 0 Å². The van der Waals surface area contributed by atoms with E-state index in [0.717, 1.165) is 51.0 Å². The highest BCUT2D eigenvalue weighted by Gasteiger charge is 2.44. The minimum Gasteiger partial charge on any atom is -0.325 e. The maximum Gasteiger partial charge on any atom is 0.232 e. The standard InChI is InChI=1S/C16H22N2O.ClH/c1-2-9-18-10-5-8-16(12-18)11-13-6-3-4-7-14(13)17-15(16)19;/h3-4,6-7H,2,5,8-12H2,1H3,(H,17,19);1H. The molecule has 0 aliphatic carbocycles. The molecule has 3 nitrogen and oxygen atoms in total. The molecule has 1 spiro atoms. The van der Waals surface area contributed by atoms with Crippen LogP contribution < -0.4 is 5.32 Å². The summed E-state index contributed by atoms with van der Waals surface area (Å²) in [5, 5.41) is 3.12. The number of benzene rings is 1. The second kappa shape index (κ2) is 6.15. The number of carbonyl (C=O) groups is 1. The van der Waals surface area contributed by atoms with E-state index in [0.29, 0.717) is 0 Å². The van der Waals surface area contributed by atoms with Crippen LogP contribution in [0.1, 0.15) is 31.7 Å². The normalized spacial score (nSPS) is 25.8. The molecule has 1 saturated heterocycles. The first-order valence-electron chi connectivity index (χ1n) is 7.35. The van der Waals surface area contributed by atoms with Gasteiger partial charge in [-0.2, -0.15) is 0 Å². The lowest BCUT2D eigenvalue weighted by molar-refractivity contribution is -0.129. The summed E-state index contributed by atoms with van der Waals surface area (Å²) < 4.78 is 0. The van der Waals surface area contributed by atoms with Crippen molar-refractivity contribution in [3.8, 4) is 0 Å². The first-order valence-corrected chi connectivity index (χ1v) is 7.35. The van der Waals surface area contributed by atoms with Gasteiger partial charge in [-0.3, -0.25) is 4.79 Å². The molecule has 1 N–H and O–H groups in total. The number of carbonyl (C=O) groups excluding carboxylic acids is 1. The Bertz CT molecular complexity index is 489. The molecular weight excluding hydrogens is 272 g/mol. The van der Waals surface area contributed by atoms with Crippen LogP contribution >= 0.6 is 12.4 Å². The summed E-state index contributed by atoms with van der Waals surface area (Å²) >= 11 is 0. The maximum absolute atomic E-state index is 12.5. The first kappa shape index (κ1) is 15.3. The molecule has 0 saturated carbocycles. The van der Waals surface area contributed by atoms with Gasteiger partial charge >= 0.3 is 0 Å². The molecule has 0 aromatic heterocycles. The maximum atomic E-state index is 12.5. The number of para-hydroxylation sites is 1. The molecule has 1 unspecified atom stereocenters. The van der Waals surface area contributed by atoms with Crippen LogP contribution in [0.3, 0.4) is 0 Å². The van der Waals surface area contributed by atoms with Gasteiger partial charge in [-0.25, -0.2) is 0 Å². The summed E-state index contributed by atoms with van der Waals surface area (Å²) in [6.45, 7) is 5.37. The summed E-state index contributed by atoms with van der Waals surface area (Å²) in [6, 6.07) is 8.21. The number of anilines is 1. The van der Waals surface area contributed by atoms with Gasteiger partial charge in [0.25, 0.3) is 0 Å². The van der Waals surface area contributed by atoms with Crippen LogP contribution in [0.25, 0.3) is 0 Å². The summed E-state index contributed by atoms with van der Waals surface area (Å²) in [6.07, 6.45) is 4.21. The molecule has 1 aromatic rings. The van der Waals surface area contributed by atoms with E-state index in [1.54, 1.807) is 0 Å². The topological polar surface area (TPSA) is 32.3 Å². The average Bonchev–Trinajstić information content (AvgIpc) is 2.41. The Morgan fingerprint density at radius 2 is 2.15 bits per heavy atom. The molecule has 2 aliphatic heterocycles. The van der Waals surface area contributed by atoms with Crippen LogP contribution in [-0.2, 0) is 11.2 Å². The van der Waals surface area contributed by atoms with Crippen molar-refractivity contribution in [1.82, 2.24) is 4.90 Å². The van der Waals surface area contributed by atoms with Crippen molar-refractivity contribution in [2.24, 2.45) is 5.41 Å². The number of hydrogen-bond acceptors (Lipinski definition) is 2. The number of halogens is 1. The van der Waals surface area contributed by atoms with Crippen molar-refractivity contribution in [1.29, 1.82) is 0 Å². The number of rotatable bonds is 2. The Hall–Kier alpha value is -1.06. The smallest absolute Gasteiger partial charge is 0.232 e. The molecule has 3 rings (SSSR count). The Labute approximate surface area is 127 Å². The van der Waals surface area contributed by atoms with E-state index >= 15 is 0 Å². The largest absolute Gasteiger partial charge is 0.325 e. The van der Waals surface area contributed by atoms with Gasteiger partial charge in [0.1, 0.15) is 0 Å². The lowest BCUT2D eigenvalue weighted by Gasteiger charge is -2.44. The van der Waals surface area contributed by atoms with Crippen LogP contribution in [-0.4, -0.2) is 30.4 Å². The fraction of sp³-hybridized carbons (Fsp3) is 0.562. The van der Waals surface area contributed by atoms with Crippen molar-refractivity contribution in [3.63, 3.8) is 0 Å². The van der Waals surface area contributed by atoms with E-state index in [1.165, 1.54) is 5.56 Å². The van der Waals surface area contributed by atoms with E-state index in [9.17, 15) is 4.79 Å². The highest BCUT2D eigenvalue weighted by Crippen LogP contribution is 2.40. The summed E-state index contributed by atoms with van der Waals surface area (Å²) in [5.74, 6) is 0.229. The summed E-state index contributed by atoms with van der Waals surface area (Å²) in [5.41, 5.74) is 2.10. The molecule has 2 aliphatic rings. The fourth-order valence-electron chi connectivity index (χ4n) is 3.56.